The predicted octanol–water partition coefficient (Wildman–Crippen LogP) is 2.70. The van der Waals surface area contributed by atoms with Crippen molar-refractivity contribution in [2.45, 2.75) is 26.4 Å². The molecule has 0 heterocycles. The minimum atomic E-state index is -5.02. The van der Waals surface area contributed by atoms with Crippen molar-refractivity contribution in [3.63, 3.8) is 0 Å². The third kappa shape index (κ3) is 4.13. The maximum absolute atomic E-state index is 12.3. The zero-order valence-electron chi connectivity index (χ0n) is 9.84. The summed E-state index contributed by atoms with van der Waals surface area (Å²) in [6.07, 6.45) is 0. The van der Waals surface area contributed by atoms with Gasteiger partial charge in [0.2, 0.25) is 0 Å². The average Bonchev–Trinajstić information content (AvgIpc) is 2.14. The normalized spacial score (nSPS) is 12.4. The van der Waals surface area contributed by atoms with Crippen molar-refractivity contribution in [2.75, 3.05) is 0 Å². The number of rotatable bonds is 2. The van der Waals surface area contributed by atoms with Crippen LogP contribution in [0.2, 0.25) is 0 Å². The molecule has 17 heavy (non-hydrogen) atoms. The largest absolute Gasteiger partial charge is 0.509 e. The van der Waals surface area contributed by atoms with Gasteiger partial charge in [0.25, 0.3) is 0 Å². The fourth-order valence-corrected chi connectivity index (χ4v) is 1.17. The van der Waals surface area contributed by atoms with Crippen LogP contribution in [0, 0.1) is 0 Å². The number of halogens is 3. The summed E-state index contributed by atoms with van der Waals surface area (Å²) in [4.78, 5) is 11.5. The van der Waals surface area contributed by atoms with Gasteiger partial charge in [0.05, 0.1) is 5.56 Å². The van der Waals surface area contributed by atoms with Gasteiger partial charge in [-0.15, -0.1) is 5.46 Å². The van der Waals surface area contributed by atoms with Gasteiger partial charge in [-0.25, -0.2) is 4.79 Å². The number of esters is 1. The molecule has 0 fully saturated rings. The number of hydrogen-bond acceptors (Lipinski definition) is 2. The van der Waals surface area contributed by atoms with Gasteiger partial charge in [0.15, 0.2) is 0 Å². The molecule has 0 aliphatic carbocycles. The molecule has 2 nitrogen and oxygen atoms in total. The second-order valence-corrected chi connectivity index (χ2v) is 4.70. The van der Waals surface area contributed by atoms with Crippen LogP contribution in [0.25, 0.3) is 0 Å². The Morgan fingerprint density at radius 2 is 1.59 bits per heavy atom. The Morgan fingerprint density at radius 1 is 1.12 bits per heavy atom. The molecule has 0 amide bonds. The number of carbonyl (C=O) groups excluding carboxylic acids is 1. The molecule has 0 atom stereocenters. The molecule has 0 aliphatic heterocycles. The van der Waals surface area contributed by atoms with E-state index in [0.29, 0.717) is 0 Å². The summed E-state index contributed by atoms with van der Waals surface area (Å²) in [5.41, 5.74) is -1.27. The van der Waals surface area contributed by atoms with Crippen molar-refractivity contribution < 1.29 is 22.5 Å². The number of benzene rings is 1. The Labute approximate surface area is 97.8 Å². The van der Waals surface area contributed by atoms with Crippen molar-refractivity contribution in [1.82, 2.24) is 0 Å². The smallest absolute Gasteiger partial charge is 0.456 e. The molecular formula is C11H13BF3O2-. The maximum atomic E-state index is 12.3. The fourth-order valence-electron chi connectivity index (χ4n) is 1.17. The van der Waals surface area contributed by atoms with Crippen LogP contribution < -0.4 is 5.46 Å². The summed E-state index contributed by atoms with van der Waals surface area (Å²) in [6, 6.07) is 4.02. The van der Waals surface area contributed by atoms with Crippen molar-refractivity contribution in [3.05, 3.63) is 29.8 Å². The van der Waals surface area contributed by atoms with Crippen LogP contribution in [-0.2, 0) is 4.74 Å². The lowest BCUT2D eigenvalue weighted by Gasteiger charge is -2.20. The molecule has 0 spiro atoms. The first-order valence-corrected chi connectivity index (χ1v) is 5.13. The highest BCUT2D eigenvalue weighted by Gasteiger charge is 2.25. The van der Waals surface area contributed by atoms with Crippen LogP contribution in [0.1, 0.15) is 31.1 Å². The van der Waals surface area contributed by atoms with Crippen molar-refractivity contribution >= 4 is 18.4 Å². The first-order valence-electron chi connectivity index (χ1n) is 5.13. The van der Waals surface area contributed by atoms with Gasteiger partial charge in [-0.3, -0.25) is 0 Å². The van der Waals surface area contributed by atoms with Gasteiger partial charge in [-0.2, -0.15) is 0 Å². The second kappa shape index (κ2) is 4.43. The highest BCUT2D eigenvalue weighted by Crippen LogP contribution is 2.13. The molecular weight excluding hydrogens is 232 g/mol. The molecule has 0 bridgehead atoms. The van der Waals surface area contributed by atoms with Crippen molar-refractivity contribution in [1.29, 1.82) is 0 Å². The van der Waals surface area contributed by atoms with E-state index >= 15 is 0 Å². The van der Waals surface area contributed by atoms with E-state index in [1.807, 2.05) is 0 Å². The molecule has 0 aliphatic rings. The van der Waals surface area contributed by atoms with E-state index in [9.17, 15) is 17.7 Å². The summed E-state index contributed by atoms with van der Waals surface area (Å²) >= 11 is 0. The number of hydrogen-bond donors (Lipinski definition) is 0. The Morgan fingerprint density at radius 3 is 1.94 bits per heavy atom. The van der Waals surface area contributed by atoms with E-state index in [-0.39, 0.29) is 5.56 Å². The highest BCUT2D eigenvalue weighted by molar-refractivity contribution is 6.73. The zero-order chi connectivity index (χ0) is 13.3. The van der Waals surface area contributed by atoms with E-state index in [4.69, 9.17) is 4.74 Å². The monoisotopic (exact) mass is 245 g/mol. The molecule has 94 valence electrons. The lowest BCUT2D eigenvalue weighted by molar-refractivity contribution is 0.00695. The van der Waals surface area contributed by atoms with Gasteiger partial charge < -0.3 is 17.7 Å². The number of ether oxygens (including phenoxy) is 1. The van der Waals surface area contributed by atoms with Crippen LogP contribution in [0.5, 0.6) is 0 Å². The Hall–Kier alpha value is -1.46. The second-order valence-electron chi connectivity index (χ2n) is 4.70. The maximum Gasteiger partial charge on any atom is 0.509 e. The summed E-state index contributed by atoms with van der Waals surface area (Å²) in [7, 11) is 0. The molecule has 0 aromatic heterocycles. The van der Waals surface area contributed by atoms with Crippen LogP contribution >= 0.6 is 0 Å². The van der Waals surface area contributed by atoms with E-state index in [2.05, 4.69) is 0 Å². The third-order valence-corrected chi connectivity index (χ3v) is 1.92. The Kier molecular flexibility index (Phi) is 3.55. The van der Waals surface area contributed by atoms with Crippen molar-refractivity contribution in [3.8, 4) is 0 Å². The van der Waals surface area contributed by atoms with Crippen LogP contribution in [0.3, 0.4) is 0 Å². The minimum Gasteiger partial charge on any atom is -0.456 e. The SMILES string of the molecule is CC(C)(C)OC(=O)c1ccc([B-](F)(F)F)cc1. The molecule has 1 rings (SSSR count). The van der Waals surface area contributed by atoms with E-state index in [0.717, 1.165) is 24.3 Å². The molecule has 0 unspecified atom stereocenters. The van der Waals surface area contributed by atoms with E-state index < -0.39 is 24.0 Å². The number of carbonyl (C=O) groups is 1. The predicted molar refractivity (Wildman–Crippen MR) is 60.3 cm³/mol. The van der Waals surface area contributed by atoms with Crippen LogP contribution in [0.15, 0.2) is 24.3 Å². The lowest BCUT2D eigenvalue weighted by Crippen LogP contribution is -2.34. The molecule has 0 saturated carbocycles. The van der Waals surface area contributed by atoms with Gasteiger partial charge in [0, 0.05) is 0 Å². The van der Waals surface area contributed by atoms with Gasteiger partial charge >= 0.3 is 12.9 Å². The zero-order valence-corrected chi connectivity index (χ0v) is 9.84. The van der Waals surface area contributed by atoms with Crippen LogP contribution in [0.4, 0.5) is 12.9 Å². The van der Waals surface area contributed by atoms with Crippen molar-refractivity contribution in [2.24, 2.45) is 0 Å². The van der Waals surface area contributed by atoms with Crippen LogP contribution in [-0.4, -0.2) is 18.5 Å². The third-order valence-electron chi connectivity index (χ3n) is 1.92. The lowest BCUT2D eigenvalue weighted by atomic mass is 9.80. The molecule has 1 aromatic carbocycles. The van der Waals surface area contributed by atoms with E-state index in [1.54, 1.807) is 20.8 Å². The summed E-state index contributed by atoms with van der Waals surface area (Å²) < 4.78 is 42.0. The van der Waals surface area contributed by atoms with Gasteiger partial charge in [-0.1, -0.05) is 24.3 Å². The summed E-state index contributed by atoms with van der Waals surface area (Å²) in [5.74, 6) is -0.626. The quantitative estimate of drug-likeness (QED) is 0.591. The first-order chi connectivity index (χ1) is 7.59. The van der Waals surface area contributed by atoms with Gasteiger partial charge in [-0.05, 0) is 20.8 Å². The molecule has 0 N–H and O–H groups in total. The molecule has 0 radical (unpaired) electrons. The van der Waals surface area contributed by atoms with E-state index in [1.165, 1.54) is 0 Å². The molecule has 6 heteroatoms. The van der Waals surface area contributed by atoms with Gasteiger partial charge in [0.1, 0.15) is 5.60 Å². The fraction of sp³-hybridized carbons (Fsp3) is 0.364. The standard InChI is InChI=1S/C11H13BF3O2/c1-11(2,3)17-10(16)8-4-6-9(7-5-8)12(13,14)15/h4-7H,1-3H3/q-1. The average molecular weight is 245 g/mol. The highest BCUT2D eigenvalue weighted by atomic mass is 19.4. The topological polar surface area (TPSA) is 26.3 Å². The summed E-state index contributed by atoms with van der Waals surface area (Å²) in [5, 5.41) is 0. The summed E-state index contributed by atoms with van der Waals surface area (Å²) in [6.45, 7) is 0.0542. The first kappa shape index (κ1) is 13.6. The molecule has 0 saturated heterocycles. The Balaban J connectivity index is 2.85. The molecule has 1 aromatic rings. The minimum absolute atomic E-state index is 0.115. The Bertz CT molecular complexity index is 404.